The molecule has 0 aromatic heterocycles. The van der Waals surface area contributed by atoms with E-state index in [4.69, 9.17) is 23.7 Å². The number of hydrogen-bond donors (Lipinski definition) is 0. The van der Waals surface area contributed by atoms with Crippen LogP contribution in [0, 0.1) is 6.92 Å². The molecule has 216 valence electrons. The number of rotatable bonds is 7. The highest BCUT2D eigenvalue weighted by atomic mass is 16.7. The van der Waals surface area contributed by atoms with Crippen LogP contribution in [0.1, 0.15) is 31.8 Å². The van der Waals surface area contributed by atoms with Crippen LogP contribution in [0.3, 0.4) is 0 Å². The molecule has 2 fully saturated rings. The van der Waals surface area contributed by atoms with Crippen molar-refractivity contribution in [3.8, 4) is 5.75 Å². The van der Waals surface area contributed by atoms with E-state index in [0.717, 1.165) is 38.4 Å². The highest BCUT2D eigenvalue weighted by Crippen LogP contribution is 2.32. The highest BCUT2D eigenvalue weighted by molar-refractivity contribution is 5.96. The van der Waals surface area contributed by atoms with E-state index in [9.17, 15) is 9.59 Å². The van der Waals surface area contributed by atoms with Gasteiger partial charge in [0, 0.05) is 0 Å². The topological polar surface area (TPSA) is 80.3 Å². The Morgan fingerprint density at radius 2 is 1.19 bits per heavy atom. The minimum Gasteiger partial charge on any atom is -0.489 e. The van der Waals surface area contributed by atoms with Crippen LogP contribution in [0.5, 0.6) is 5.75 Å². The van der Waals surface area contributed by atoms with Gasteiger partial charge in [-0.2, -0.15) is 0 Å². The summed E-state index contributed by atoms with van der Waals surface area (Å²) in [6.45, 7) is 2.85. The third kappa shape index (κ3) is 5.69. The first-order chi connectivity index (χ1) is 21.0. The second kappa shape index (κ2) is 11.5. The molecule has 0 N–H and O–H groups in total. The Hall–Kier alpha value is -4.72. The zero-order valence-corrected chi connectivity index (χ0v) is 23.6. The van der Waals surface area contributed by atoms with Crippen molar-refractivity contribution in [3.05, 3.63) is 125 Å². The quantitative estimate of drug-likeness (QED) is 0.207. The molecule has 2 heterocycles. The smallest absolute Gasteiger partial charge is 0.338 e. The minimum absolute atomic E-state index is 0.167. The van der Waals surface area contributed by atoms with E-state index in [2.05, 4.69) is 6.07 Å². The van der Waals surface area contributed by atoms with Crippen LogP contribution in [0.25, 0.3) is 21.5 Å². The van der Waals surface area contributed by atoms with E-state index in [0.29, 0.717) is 17.7 Å². The second-order valence-electron chi connectivity index (χ2n) is 11.0. The lowest BCUT2D eigenvalue weighted by Crippen LogP contribution is -2.36. The Morgan fingerprint density at radius 3 is 1.81 bits per heavy atom. The molecule has 7 nitrogen and oxygen atoms in total. The van der Waals surface area contributed by atoms with Gasteiger partial charge in [0.1, 0.15) is 24.6 Å². The Kier molecular flexibility index (Phi) is 7.27. The molecule has 4 atom stereocenters. The molecule has 43 heavy (non-hydrogen) atoms. The van der Waals surface area contributed by atoms with Crippen LogP contribution < -0.4 is 4.74 Å². The zero-order valence-electron chi connectivity index (χ0n) is 23.6. The summed E-state index contributed by atoms with van der Waals surface area (Å²) < 4.78 is 29.3. The van der Waals surface area contributed by atoms with E-state index in [-0.39, 0.29) is 13.2 Å². The van der Waals surface area contributed by atoms with E-state index in [1.807, 2.05) is 85.8 Å². The number of aryl methyl sites for hydroxylation is 1. The van der Waals surface area contributed by atoms with Gasteiger partial charge < -0.3 is 23.7 Å². The molecule has 0 bridgehead atoms. The molecule has 0 saturated carbocycles. The summed E-state index contributed by atoms with van der Waals surface area (Å²) in [5, 5.41) is 3.88. The molecule has 2 aliphatic heterocycles. The summed E-state index contributed by atoms with van der Waals surface area (Å²) in [6, 6.07) is 32.8. The maximum absolute atomic E-state index is 13.1. The fraction of sp³-hybridized carbons (Fsp3) is 0.222. The maximum Gasteiger partial charge on any atom is 0.338 e. The van der Waals surface area contributed by atoms with Gasteiger partial charge in [0.15, 0.2) is 12.2 Å². The third-order valence-corrected chi connectivity index (χ3v) is 8.01. The van der Waals surface area contributed by atoms with Crippen molar-refractivity contribution in [1.82, 2.24) is 0 Å². The average molecular weight is 575 g/mol. The molecule has 0 radical (unpaired) electrons. The monoisotopic (exact) mass is 574 g/mol. The summed E-state index contributed by atoms with van der Waals surface area (Å²) in [5.41, 5.74) is 3.15. The molecule has 0 amide bonds. The van der Waals surface area contributed by atoms with Gasteiger partial charge in [-0.25, -0.2) is 9.59 Å². The lowest BCUT2D eigenvalue weighted by Gasteiger charge is -2.17. The van der Waals surface area contributed by atoms with E-state index >= 15 is 0 Å². The Balaban J connectivity index is 0.964. The van der Waals surface area contributed by atoms with E-state index in [1.54, 1.807) is 18.2 Å². The first kappa shape index (κ1) is 27.1. The van der Waals surface area contributed by atoms with Crippen molar-refractivity contribution < 1.29 is 33.3 Å². The fourth-order valence-corrected chi connectivity index (χ4v) is 5.72. The van der Waals surface area contributed by atoms with Gasteiger partial charge in [0.05, 0.1) is 24.3 Å². The highest BCUT2D eigenvalue weighted by Gasteiger charge is 2.51. The van der Waals surface area contributed by atoms with Gasteiger partial charge in [-0.05, 0) is 70.4 Å². The zero-order chi connectivity index (χ0) is 29.3. The molecular weight excluding hydrogens is 544 g/mol. The van der Waals surface area contributed by atoms with E-state index < -0.39 is 36.4 Å². The van der Waals surface area contributed by atoms with Crippen molar-refractivity contribution in [2.24, 2.45) is 0 Å². The van der Waals surface area contributed by atoms with E-state index in [1.165, 1.54) is 0 Å². The summed E-state index contributed by atoms with van der Waals surface area (Å²) in [7, 11) is 0. The molecule has 7 rings (SSSR count). The van der Waals surface area contributed by atoms with Gasteiger partial charge in [-0.15, -0.1) is 0 Å². The Bertz CT molecular complexity index is 1820. The predicted molar refractivity (Wildman–Crippen MR) is 161 cm³/mol. The Labute approximate surface area is 248 Å². The fourth-order valence-electron chi connectivity index (χ4n) is 5.72. The molecule has 5 aromatic carbocycles. The molecule has 2 saturated heterocycles. The van der Waals surface area contributed by atoms with Gasteiger partial charge >= 0.3 is 11.9 Å². The van der Waals surface area contributed by atoms with Gasteiger partial charge in [-0.3, -0.25) is 0 Å². The first-order valence-electron chi connectivity index (χ1n) is 14.4. The number of esters is 2. The van der Waals surface area contributed by atoms with Crippen molar-refractivity contribution in [1.29, 1.82) is 0 Å². The second-order valence-corrected chi connectivity index (χ2v) is 11.0. The summed E-state index contributed by atoms with van der Waals surface area (Å²) in [6.07, 6.45) is -2.20. The molecule has 5 aromatic rings. The number of benzene rings is 5. The number of hydrogen-bond acceptors (Lipinski definition) is 7. The molecule has 0 unspecified atom stereocenters. The minimum atomic E-state index is -0.602. The van der Waals surface area contributed by atoms with Crippen molar-refractivity contribution in [2.75, 3.05) is 13.2 Å². The first-order valence-corrected chi connectivity index (χ1v) is 14.4. The summed E-state index contributed by atoms with van der Waals surface area (Å²) in [4.78, 5) is 26.0. The normalized spacial score (nSPS) is 21.0. The van der Waals surface area contributed by atoms with Gasteiger partial charge in [0.25, 0.3) is 0 Å². The van der Waals surface area contributed by atoms with Gasteiger partial charge in [-0.1, -0.05) is 72.3 Å². The van der Waals surface area contributed by atoms with Gasteiger partial charge in [0.2, 0.25) is 0 Å². The average Bonchev–Trinajstić information content (AvgIpc) is 3.62. The predicted octanol–water partition coefficient (Wildman–Crippen LogP) is 6.43. The van der Waals surface area contributed by atoms with Crippen LogP contribution in [0.4, 0.5) is 0 Å². The molecule has 7 heteroatoms. The van der Waals surface area contributed by atoms with Crippen LogP contribution in [-0.2, 0) is 25.6 Å². The lowest BCUT2D eigenvalue weighted by atomic mass is 10.0. The molecule has 0 aliphatic carbocycles. The number of ether oxygens (including phenoxy) is 5. The van der Waals surface area contributed by atoms with Crippen LogP contribution in [0.15, 0.2) is 103 Å². The van der Waals surface area contributed by atoms with Crippen molar-refractivity contribution >= 4 is 33.5 Å². The lowest BCUT2D eigenvalue weighted by molar-refractivity contribution is -0.0287. The Morgan fingerprint density at radius 1 is 0.651 bits per heavy atom. The molecular formula is C36H30O7. The van der Waals surface area contributed by atoms with Crippen LogP contribution in [0.2, 0.25) is 0 Å². The summed E-state index contributed by atoms with van der Waals surface area (Å²) in [5.74, 6) is -0.147. The number of carbonyl (C=O) groups is 2. The van der Waals surface area contributed by atoms with Crippen molar-refractivity contribution in [3.63, 3.8) is 0 Å². The number of fused-ring (bicyclic) bond motifs is 3. The third-order valence-electron chi connectivity index (χ3n) is 8.01. The standard InChI is InChI=1S/C36H30O7/c1-22-7-8-25-16-28(11-9-24(25)15-22)35(37)42-31-20-40-34-32(21-41-33(31)34)43-36(38)29-12-10-27-18-30(14-13-26(27)17-29)39-19-23-5-3-2-4-6-23/h2-18,31-34H,19-21H2,1H3/t31-,32+,33+,34+/m0/s1. The maximum atomic E-state index is 13.1. The number of carbonyl (C=O) groups excluding carboxylic acids is 2. The van der Waals surface area contributed by atoms with Crippen LogP contribution in [-0.4, -0.2) is 49.6 Å². The van der Waals surface area contributed by atoms with Crippen LogP contribution >= 0.6 is 0 Å². The van der Waals surface area contributed by atoms with Crippen molar-refractivity contribution in [2.45, 2.75) is 37.9 Å². The summed E-state index contributed by atoms with van der Waals surface area (Å²) >= 11 is 0. The molecule has 0 spiro atoms. The SMILES string of the molecule is Cc1ccc2cc(C(=O)O[C@H]3CO[C@H]4[C@@H]3OC[C@H]4OC(=O)c3ccc4cc(OCc5ccccc5)ccc4c3)ccc2c1. The molecule has 2 aliphatic rings. The largest absolute Gasteiger partial charge is 0.489 e.